The van der Waals surface area contributed by atoms with E-state index in [1.165, 1.54) is 5.56 Å². The molecule has 0 heterocycles. The predicted molar refractivity (Wildman–Crippen MR) is 107 cm³/mol. The number of rotatable bonds is 8. The Kier molecular flexibility index (Phi) is 6.61. The van der Waals surface area contributed by atoms with E-state index >= 15 is 0 Å². The molecule has 0 radical (unpaired) electrons. The molecule has 0 bridgehead atoms. The maximum absolute atomic E-state index is 12.5. The van der Waals surface area contributed by atoms with Crippen LogP contribution < -0.4 is 10.1 Å². The minimum atomic E-state index is -0.168. The maximum atomic E-state index is 12.5. The molecule has 0 aliphatic heterocycles. The summed E-state index contributed by atoms with van der Waals surface area (Å²) in [5, 5.41) is 2.93. The Labute approximate surface area is 159 Å². The molecule has 27 heavy (non-hydrogen) atoms. The topological polar surface area (TPSA) is 47.6 Å². The van der Waals surface area contributed by atoms with E-state index in [0.717, 1.165) is 12.0 Å². The summed E-state index contributed by atoms with van der Waals surface area (Å²) >= 11 is 0. The zero-order chi connectivity index (χ0) is 18.9. The Bertz CT molecular complexity index is 860. The molecule has 0 saturated heterocycles. The average Bonchev–Trinajstić information content (AvgIpc) is 2.71. The van der Waals surface area contributed by atoms with Gasteiger partial charge >= 0.3 is 0 Å². The highest BCUT2D eigenvalue weighted by Crippen LogP contribution is 2.24. The van der Waals surface area contributed by atoms with Crippen LogP contribution in [-0.2, 0) is 17.8 Å². The number of hydrogen-bond donors (Lipinski definition) is 1. The molecule has 4 heteroatoms. The summed E-state index contributed by atoms with van der Waals surface area (Å²) < 4.78 is 11.0. The van der Waals surface area contributed by atoms with Gasteiger partial charge in [0.2, 0.25) is 0 Å². The normalized spacial score (nSPS) is 10.4. The van der Waals surface area contributed by atoms with Gasteiger partial charge in [0.25, 0.3) is 5.91 Å². The van der Waals surface area contributed by atoms with Crippen molar-refractivity contribution in [2.75, 3.05) is 19.0 Å². The number of carbonyl (C=O) groups is 1. The van der Waals surface area contributed by atoms with E-state index in [2.05, 4.69) is 17.4 Å². The molecule has 0 spiro atoms. The van der Waals surface area contributed by atoms with Crippen molar-refractivity contribution < 1.29 is 14.3 Å². The third-order valence-corrected chi connectivity index (χ3v) is 4.15. The third kappa shape index (κ3) is 5.43. The van der Waals surface area contributed by atoms with Gasteiger partial charge in [0.05, 0.1) is 18.9 Å². The largest absolute Gasteiger partial charge is 0.491 e. The number of hydrogen-bond acceptors (Lipinski definition) is 3. The first kappa shape index (κ1) is 18.7. The smallest absolute Gasteiger partial charge is 0.255 e. The number of carbonyl (C=O) groups excluding carboxylic acids is 1. The molecule has 4 nitrogen and oxygen atoms in total. The molecule has 1 amide bonds. The van der Waals surface area contributed by atoms with Gasteiger partial charge in [0.1, 0.15) is 5.75 Å². The number of nitrogens with one attached hydrogen (secondary N) is 1. The van der Waals surface area contributed by atoms with Crippen LogP contribution in [0.4, 0.5) is 5.69 Å². The van der Waals surface area contributed by atoms with Crippen molar-refractivity contribution in [2.24, 2.45) is 0 Å². The van der Waals surface area contributed by atoms with Crippen molar-refractivity contribution in [3.8, 4) is 5.75 Å². The standard InChI is InChI=1S/C23H23NO3/c1-26-17-19-11-13-20(14-12-19)23(25)24-21-9-5-6-10-22(21)27-16-15-18-7-3-2-4-8-18/h2-14H,15-17H2,1H3,(H,24,25). The zero-order valence-corrected chi connectivity index (χ0v) is 15.4. The Morgan fingerprint density at radius 1 is 0.852 bits per heavy atom. The fraction of sp³-hybridized carbons (Fsp3) is 0.174. The summed E-state index contributed by atoms with van der Waals surface area (Å²) in [5.74, 6) is 0.496. The highest BCUT2D eigenvalue weighted by Gasteiger charge is 2.10. The van der Waals surface area contributed by atoms with Crippen LogP contribution in [0.5, 0.6) is 5.75 Å². The molecule has 0 atom stereocenters. The van der Waals surface area contributed by atoms with Gasteiger partial charge in [0, 0.05) is 19.1 Å². The van der Waals surface area contributed by atoms with Crippen molar-refractivity contribution in [3.63, 3.8) is 0 Å². The van der Waals surface area contributed by atoms with Gasteiger partial charge in [0.15, 0.2) is 0 Å². The second-order valence-electron chi connectivity index (χ2n) is 6.16. The number of methoxy groups -OCH3 is 1. The summed E-state index contributed by atoms with van der Waals surface area (Å²) in [6.07, 6.45) is 0.810. The lowest BCUT2D eigenvalue weighted by atomic mass is 10.1. The molecule has 1 N–H and O–H groups in total. The molecule has 0 fully saturated rings. The first-order chi connectivity index (χ1) is 13.3. The fourth-order valence-electron chi connectivity index (χ4n) is 2.73. The van der Waals surface area contributed by atoms with Gasteiger partial charge in [-0.05, 0) is 35.4 Å². The van der Waals surface area contributed by atoms with Crippen LogP contribution in [-0.4, -0.2) is 19.6 Å². The average molecular weight is 361 g/mol. The van der Waals surface area contributed by atoms with Crippen LogP contribution in [0.2, 0.25) is 0 Å². The molecule has 138 valence electrons. The van der Waals surface area contributed by atoms with Crippen LogP contribution in [0.1, 0.15) is 21.5 Å². The molecule has 0 aliphatic carbocycles. The Balaban J connectivity index is 1.62. The molecule has 0 aliphatic rings. The van der Waals surface area contributed by atoms with Gasteiger partial charge in [-0.3, -0.25) is 4.79 Å². The molecular weight excluding hydrogens is 338 g/mol. The van der Waals surface area contributed by atoms with Gasteiger partial charge in [-0.15, -0.1) is 0 Å². The van der Waals surface area contributed by atoms with Crippen LogP contribution in [0.15, 0.2) is 78.9 Å². The van der Waals surface area contributed by atoms with Crippen LogP contribution >= 0.6 is 0 Å². The minimum absolute atomic E-state index is 0.168. The number of para-hydroxylation sites is 2. The van der Waals surface area contributed by atoms with Gasteiger partial charge < -0.3 is 14.8 Å². The first-order valence-corrected chi connectivity index (χ1v) is 8.91. The van der Waals surface area contributed by atoms with Crippen LogP contribution in [0.3, 0.4) is 0 Å². The van der Waals surface area contributed by atoms with Crippen molar-refractivity contribution >= 4 is 11.6 Å². The number of benzene rings is 3. The van der Waals surface area contributed by atoms with E-state index in [0.29, 0.717) is 30.2 Å². The summed E-state index contributed by atoms with van der Waals surface area (Å²) in [6, 6.07) is 25.0. The summed E-state index contributed by atoms with van der Waals surface area (Å²) in [7, 11) is 1.65. The lowest BCUT2D eigenvalue weighted by Crippen LogP contribution is -2.13. The molecule has 3 aromatic rings. The molecule has 3 rings (SSSR count). The lowest BCUT2D eigenvalue weighted by Gasteiger charge is -2.13. The quantitative estimate of drug-likeness (QED) is 0.632. The summed E-state index contributed by atoms with van der Waals surface area (Å²) in [5.41, 5.74) is 3.50. The van der Waals surface area contributed by atoms with Crippen molar-refractivity contribution in [3.05, 3.63) is 95.6 Å². The minimum Gasteiger partial charge on any atom is -0.491 e. The summed E-state index contributed by atoms with van der Waals surface area (Å²) in [6.45, 7) is 1.07. The predicted octanol–water partition coefficient (Wildman–Crippen LogP) is 4.71. The number of anilines is 1. The van der Waals surface area contributed by atoms with E-state index in [1.54, 1.807) is 19.2 Å². The van der Waals surface area contributed by atoms with E-state index in [9.17, 15) is 4.79 Å². The highest BCUT2D eigenvalue weighted by molar-refractivity contribution is 6.05. The Morgan fingerprint density at radius 2 is 1.56 bits per heavy atom. The van der Waals surface area contributed by atoms with Gasteiger partial charge in [-0.2, -0.15) is 0 Å². The monoisotopic (exact) mass is 361 g/mol. The fourth-order valence-corrected chi connectivity index (χ4v) is 2.73. The SMILES string of the molecule is COCc1ccc(C(=O)Nc2ccccc2OCCc2ccccc2)cc1. The molecule has 0 unspecified atom stereocenters. The van der Waals surface area contributed by atoms with E-state index < -0.39 is 0 Å². The van der Waals surface area contributed by atoms with Crippen molar-refractivity contribution in [2.45, 2.75) is 13.0 Å². The second kappa shape index (κ2) is 9.55. The van der Waals surface area contributed by atoms with Crippen molar-refractivity contribution in [1.29, 1.82) is 0 Å². The van der Waals surface area contributed by atoms with E-state index in [-0.39, 0.29) is 5.91 Å². The first-order valence-electron chi connectivity index (χ1n) is 8.91. The number of ether oxygens (including phenoxy) is 2. The van der Waals surface area contributed by atoms with Crippen LogP contribution in [0, 0.1) is 0 Å². The molecule has 3 aromatic carbocycles. The third-order valence-electron chi connectivity index (χ3n) is 4.15. The lowest BCUT2D eigenvalue weighted by molar-refractivity contribution is 0.102. The number of amides is 1. The highest BCUT2D eigenvalue weighted by atomic mass is 16.5. The summed E-state index contributed by atoms with van der Waals surface area (Å²) in [4.78, 5) is 12.5. The van der Waals surface area contributed by atoms with E-state index in [1.807, 2.05) is 54.6 Å². The maximum Gasteiger partial charge on any atom is 0.255 e. The van der Waals surface area contributed by atoms with Gasteiger partial charge in [-0.25, -0.2) is 0 Å². The molecule has 0 aromatic heterocycles. The van der Waals surface area contributed by atoms with Gasteiger partial charge in [-0.1, -0.05) is 54.6 Å². The second-order valence-corrected chi connectivity index (χ2v) is 6.16. The Morgan fingerprint density at radius 3 is 2.30 bits per heavy atom. The van der Waals surface area contributed by atoms with E-state index in [4.69, 9.17) is 9.47 Å². The molecule has 0 saturated carbocycles. The Hall–Kier alpha value is -3.11. The molecular formula is C23H23NO3. The van der Waals surface area contributed by atoms with Crippen LogP contribution in [0.25, 0.3) is 0 Å². The van der Waals surface area contributed by atoms with Crippen molar-refractivity contribution in [1.82, 2.24) is 0 Å². The zero-order valence-electron chi connectivity index (χ0n) is 15.4.